The van der Waals surface area contributed by atoms with Crippen molar-refractivity contribution in [2.75, 3.05) is 6.54 Å². The first-order valence-electron chi connectivity index (χ1n) is 5.51. The third kappa shape index (κ3) is 2.79. The molecule has 2 aromatic rings. The number of benzene rings is 1. The number of hydrogen-bond acceptors (Lipinski definition) is 4. The van der Waals surface area contributed by atoms with E-state index in [1.54, 1.807) is 6.08 Å². The molecule has 2 rings (SSSR count). The molecule has 1 N–H and O–H groups in total. The van der Waals surface area contributed by atoms with Gasteiger partial charge in [0.2, 0.25) is 11.7 Å². The van der Waals surface area contributed by atoms with E-state index in [-0.39, 0.29) is 0 Å². The van der Waals surface area contributed by atoms with Crippen LogP contribution in [0.3, 0.4) is 0 Å². The van der Waals surface area contributed by atoms with E-state index in [1.165, 1.54) is 0 Å². The zero-order valence-corrected chi connectivity index (χ0v) is 9.81. The van der Waals surface area contributed by atoms with Gasteiger partial charge in [-0.1, -0.05) is 35.5 Å². The second-order valence-corrected chi connectivity index (χ2v) is 3.75. The SMILES string of the molecule is C=CCNCc1nc(-c2ccccc2C)no1. The molecule has 17 heavy (non-hydrogen) atoms. The van der Waals surface area contributed by atoms with Gasteiger partial charge in [-0.05, 0) is 12.5 Å². The van der Waals surface area contributed by atoms with Crippen molar-refractivity contribution < 1.29 is 4.52 Å². The van der Waals surface area contributed by atoms with Crippen LogP contribution in [0.2, 0.25) is 0 Å². The fourth-order valence-electron chi connectivity index (χ4n) is 1.54. The van der Waals surface area contributed by atoms with Gasteiger partial charge in [0.15, 0.2) is 0 Å². The summed E-state index contributed by atoms with van der Waals surface area (Å²) in [5.74, 6) is 1.23. The van der Waals surface area contributed by atoms with E-state index in [0.717, 1.165) is 17.7 Å². The monoisotopic (exact) mass is 229 g/mol. The highest BCUT2D eigenvalue weighted by molar-refractivity contribution is 5.58. The van der Waals surface area contributed by atoms with Gasteiger partial charge >= 0.3 is 0 Å². The van der Waals surface area contributed by atoms with Crippen LogP contribution >= 0.6 is 0 Å². The molecule has 0 atom stereocenters. The summed E-state index contributed by atoms with van der Waals surface area (Å²) in [6, 6.07) is 7.97. The lowest BCUT2D eigenvalue weighted by Gasteiger charge is -1.98. The van der Waals surface area contributed by atoms with Crippen LogP contribution in [0.1, 0.15) is 11.5 Å². The van der Waals surface area contributed by atoms with Gasteiger partial charge in [-0.15, -0.1) is 6.58 Å². The normalized spacial score (nSPS) is 10.4. The molecular weight excluding hydrogens is 214 g/mol. The Kier molecular flexibility index (Phi) is 3.67. The summed E-state index contributed by atoms with van der Waals surface area (Å²) in [5.41, 5.74) is 2.14. The molecule has 88 valence electrons. The van der Waals surface area contributed by atoms with Crippen molar-refractivity contribution in [3.8, 4) is 11.4 Å². The fourth-order valence-corrected chi connectivity index (χ4v) is 1.54. The Bertz CT molecular complexity index is 505. The number of nitrogens with zero attached hydrogens (tertiary/aromatic N) is 2. The minimum atomic E-state index is 0.560. The smallest absolute Gasteiger partial charge is 0.240 e. The molecule has 0 aliphatic heterocycles. The second kappa shape index (κ2) is 5.41. The molecule has 0 spiro atoms. The maximum Gasteiger partial charge on any atom is 0.240 e. The van der Waals surface area contributed by atoms with E-state index in [2.05, 4.69) is 22.0 Å². The van der Waals surface area contributed by atoms with Crippen molar-refractivity contribution in [3.05, 3.63) is 48.4 Å². The second-order valence-electron chi connectivity index (χ2n) is 3.75. The van der Waals surface area contributed by atoms with Crippen LogP contribution in [0.5, 0.6) is 0 Å². The quantitative estimate of drug-likeness (QED) is 0.631. The molecule has 1 aromatic carbocycles. The van der Waals surface area contributed by atoms with Crippen molar-refractivity contribution in [2.45, 2.75) is 13.5 Å². The summed E-state index contributed by atoms with van der Waals surface area (Å²) in [7, 11) is 0. The van der Waals surface area contributed by atoms with Crippen molar-refractivity contribution in [2.24, 2.45) is 0 Å². The zero-order chi connectivity index (χ0) is 12.1. The Morgan fingerprint density at radius 2 is 2.24 bits per heavy atom. The van der Waals surface area contributed by atoms with E-state index in [4.69, 9.17) is 4.52 Å². The van der Waals surface area contributed by atoms with Crippen LogP contribution in [0.4, 0.5) is 0 Å². The van der Waals surface area contributed by atoms with Crippen molar-refractivity contribution in [3.63, 3.8) is 0 Å². The Labute approximate surface area is 100 Å². The average molecular weight is 229 g/mol. The molecule has 0 unspecified atom stereocenters. The summed E-state index contributed by atoms with van der Waals surface area (Å²) in [5, 5.41) is 7.09. The highest BCUT2D eigenvalue weighted by Gasteiger charge is 2.09. The molecule has 4 heteroatoms. The van der Waals surface area contributed by atoms with Gasteiger partial charge in [-0.25, -0.2) is 0 Å². The lowest BCUT2D eigenvalue weighted by molar-refractivity contribution is 0.370. The summed E-state index contributed by atoms with van der Waals surface area (Å²) in [6.07, 6.45) is 1.79. The fraction of sp³-hybridized carbons (Fsp3) is 0.231. The number of rotatable bonds is 5. The Morgan fingerprint density at radius 1 is 1.41 bits per heavy atom. The predicted molar refractivity (Wildman–Crippen MR) is 66.4 cm³/mol. The molecule has 0 bridgehead atoms. The van der Waals surface area contributed by atoms with Crippen molar-refractivity contribution in [1.29, 1.82) is 0 Å². The minimum Gasteiger partial charge on any atom is -0.338 e. The van der Waals surface area contributed by atoms with Gasteiger partial charge in [-0.3, -0.25) is 0 Å². The maximum atomic E-state index is 5.16. The molecule has 0 saturated carbocycles. The summed E-state index contributed by atoms with van der Waals surface area (Å²) in [6.45, 7) is 6.94. The Balaban J connectivity index is 2.13. The molecule has 0 saturated heterocycles. The molecule has 0 aliphatic carbocycles. The Morgan fingerprint density at radius 3 is 3.00 bits per heavy atom. The molecule has 4 nitrogen and oxygen atoms in total. The minimum absolute atomic E-state index is 0.560. The van der Waals surface area contributed by atoms with E-state index < -0.39 is 0 Å². The van der Waals surface area contributed by atoms with Gasteiger partial charge in [0.25, 0.3) is 0 Å². The van der Waals surface area contributed by atoms with Crippen LogP contribution in [-0.4, -0.2) is 16.7 Å². The van der Waals surface area contributed by atoms with Crippen LogP contribution < -0.4 is 5.32 Å². The van der Waals surface area contributed by atoms with Gasteiger partial charge < -0.3 is 9.84 Å². The highest BCUT2D eigenvalue weighted by atomic mass is 16.5. The van der Waals surface area contributed by atoms with E-state index >= 15 is 0 Å². The molecule has 0 aliphatic rings. The molecule has 0 fully saturated rings. The topological polar surface area (TPSA) is 51.0 Å². The average Bonchev–Trinajstić information content (AvgIpc) is 2.79. The first-order valence-corrected chi connectivity index (χ1v) is 5.51. The lowest BCUT2D eigenvalue weighted by Crippen LogP contribution is -2.12. The summed E-state index contributed by atoms with van der Waals surface area (Å²) in [4.78, 5) is 4.34. The van der Waals surface area contributed by atoms with Crippen molar-refractivity contribution >= 4 is 0 Å². The molecule has 0 radical (unpaired) electrons. The van der Waals surface area contributed by atoms with E-state index in [9.17, 15) is 0 Å². The first kappa shape index (κ1) is 11.5. The summed E-state index contributed by atoms with van der Waals surface area (Å²) < 4.78 is 5.16. The standard InChI is InChI=1S/C13H15N3O/c1-3-8-14-9-12-15-13(16-17-12)11-7-5-4-6-10(11)2/h3-7,14H,1,8-9H2,2H3. The molecule has 0 amide bonds. The van der Waals surface area contributed by atoms with Crippen molar-refractivity contribution in [1.82, 2.24) is 15.5 Å². The maximum absolute atomic E-state index is 5.16. The predicted octanol–water partition coefficient (Wildman–Crippen LogP) is 2.32. The third-order valence-corrected chi connectivity index (χ3v) is 2.42. The number of nitrogens with one attached hydrogen (secondary N) is 1. The van der Waals surface area contributed by atoms with E-state index in [1.807, 2.05) is 31.2 Å². The third-order valence-electron chi connectivity index (χ3n) is 2.42. The number of aryl methyl sites for hydroxylation is 1. The highest BCUT2D eigenvalue weighted by Crippen LogP contribution is 2.19. The number of hydrogen-bond donors (Lipinski definition) is 1. The van der Waals surface area contributed by atoms with Gasteiger partial charge in [0, 0.05) is 12.1 Å². The molecule has 1 heterocycles. The van der Waals surface area contributed by atoms with E-state index in [0.29, 0.717) is 18.3 Å². The first-order chi connectivity index (χ1) is 8.31. The van der Waals surface area contributed by atoms with Crippen LogP contribution in [0, 0.1) is 6.92 Å². The number of aromatic nitrogens is 2. The van der Waals surface area contributed by atoms with Gasteiger partial charge in [0.05, 0.1) is 6.54 Å². The van der Waals surface area contributed by atoms with Crippen LogP contribution in [0.25, 0.3) is 11.4 Å². The molecular formula is C13H15N3O. The largest absolute Gasteiger partial charge is 0.338 e. The molecule has 1 aromatic heterocycles. The zero-order valence-electron chi connectivity index (χ0n) is 9.81. The Hall–Kier alpha value is -1.94. The van der Waals surface area contributed by atoms with Crippen LogP contribution in [-0.2, 0) is 6.54 Å². The van der Waals surface area contributed by atoms with Crippen LogP contribution in [0.15, 0.2) is 41.4 Å². The van der Waals surface area contributed by atoms with Gasteiger partial charge in [0.1, 0.15) is 0 Å². The van der Waals surface area contributed by atoms with Gasteiger partial charge in [-0.2, -0.15) is 4.98 Å². The lowest BCUT2D eigenvalue weighted by atomic mass is 10.1. The summed E-state index contributed by atoms with van der Waals surface area (Å²) >= 11 is 0.